The van der Waals surface area contributed by atoms with Crippen molar-refractivity contribution in [2.75, 3.05) is 13.6 Å². The predicted molar refractivity (Wildman–Crippen MR) is 156 cm³/mol. The number of aliphatic hydroxyl groups excluding tert-OH is 2. The van der Waals surface area contributed by atoms with E-state index >= 15 is 0 Å². The first-order valence-electron chi connectivity index (χ1n) is 14.5. The Hall–Kier alpha value is -3.48. The van der Waals surface area contributed by atoms with E-state index in [1.165, 1.54) is 21.9 Å². The zero-order valence-corrected chi connectivity index (χ0v) is 22.4. The molecule has 2 fully saturated rings. The predicted octanol–water partition coefficient (Wildman–Crippen LogP) is 5.25. The molecule has 5 nitrogen and oxygen atoms in total. The monoisotopic (exact) mass is 528 g/mol. The lowest BCUT2D eigenvalue weighted by atomic mass is 9.50. The zero-order chi connectivity index (χ0) is 26.8. The fourth-order valence-electron chi connectivity index (χ4n) is 9.10. The molecular weight excluding hydrogens is 496 g/mol. The summed E-state index contributed by atoms with van der Waals surface area (Å²) in [6.07, 6.45) is 8.12. The van der Waals surface area contributed by atoms with E-state index in [-0.39, 0.29) is 11.3 Å². The molecule has 5 aliphatic rings. The minimum Gasteiger partial charge on any atom is -0.386 e. The number of para-hydroxylation sites is 2. The first kappa shape index (κ1) is 23.2. The van der Waals surface area contributed by atoms with Crippen LogP contribution in [0.15, 0.2) is 108 Å². The molecule has 2 saturated heterocycles. The van der Waals surface area contributed by atoms with Crippen LogP contribution in [0.4, 0.5) is 0 Å². The summed E-state index contributed by atoms with van der Waals surface area (Å²) >= 11 is 0. The van der Waals surface area contributed by atoms with Gasteiger partial charge in [-0.2, -0.15) is 0 Å². The number of piperidine rings is 1. The summed E-state index contributed by atoms with van der Waals surface area (Å²) in [5, 5.41) is 25.7. The van der Waals surface area contributed by atoms with Gasteiger partial charge in [0.15, 0.2) is 0 Å². The number of rotatable bonds is 2. The fourth-order valence-corrected chi connectivity index (χ4v) is 9.10. The molecule has 1 aromatic heterocycles. The fraction of sp³-hybridized carbons (Fsp3) is 0.314. The first-order chi connectivity index (χ1) is 19.5. The number of hydrogen-bond acceptors (Lipinski definition) is 4. The zero-order valence-electron chi connectivity index (χ0n) is 22.4. The summed E-state index contributed by atoms with van der Waals surface area (Å²) < 4.78 is 9.46. The lowest BCUT2D eigenvalue weighted by Gasteiger charge is -2.58. The SMILES string of the molecule is CN1CC[C@]23C4=C5C=CC(O)C4(c4ccc6c7ccccc7n(-c7ccccc7)c6c4)O[C@H]2[C@@H](O)C=C[C@H]3[C@H]1C5. The Morgan fingerprint density at radius 1 is 0.875 bits per heavy atom. The van der Waals surface area contributed by atoms with Gasteiger partial charge >= 0.3 is 0 Å². The lowest BCUT2D eigenvalue weighted by molar-refractivity contribution is -0.144. The molecule has 9 rings (SSSR count). The molecule has 40 heavy (non-hydrogen) atoms. The van der Waals surface area contributed by atoms with Crippen molar-refractivity contribution in [2.45, 2.75) is 42.8 Å². The van der Waals surface area contributed by atoms with Crippen LogP contribution in [0, 0.1) is 11.3 Å². The largest absolute Gasteiger partial charge is 0.386 e. The van der Waals surface area contributed by atoms with Gasteiger partial charge < -0.3 is 24.4 Å². The van der Waals surface area contributed by atoms with Gasteiger partial charge in [-0.05, 0) is 67.4 Å². The number of allylic oxidation sites excluding steroid dienone is 1. The number of nitrogens with zero attached hydrogens (tertiary/aromatic N) is 2. The molecule has 5 heteroatoms. The highest BCUT2D eigenvalue weighted by molar-refractivity contribution is 6.09. The second-order valence-corrected chi connectivity index (χ2v) is 12.3. The van der Waals surface area contributed by atoms with E-state index in [9.17, 15) is 10.2 Å². The number of aliphatic hydroxyl groups is 2. The number of benzene rings is 3. The summed E-state index contributed by atoms with van der Waals surface area (Å²) in [5.74, 6) is 0.249. The van der Waals surface area contributed by atoms with Crippen molar-refractivity contribution in [3.05, 3.63) is 114 Å². The molecule has 2 bridgehead atoms. The minimum absolute atomic E-state index is 0.249. The molecule has 2 N–H and O–H groups in total. The number of fused-ring (bicyclic) bond motifs is 3. The van der Waals surface area contributed by atoms with Gasteiger partial charge in [0.25, 0.3) is 0 Å². The normalized spacial score (nSPS) is 36.0. The second kappa shape index (κ2) is 7.83. The summed E-state index contributed by atoms with van der Waals surface area (Å²) in [5.41, 5.74) is 5.41. The summed E-state index contributed by atoms with van der Waals surface area (Å²) in [6, 6.07) is 25.9. The average molecular weight is 529 g/mol. The molecule has 0 radical (unpaired) electrons. The van der Waals surface area contributed by atoms with E-state index < -0.39 is 23.9 Å². The second-order valence-electron chi connectivity index (χ2n) is 12.3. The van der Waals surface area contributed by atoms with E-state index in [4.69, 9.17) is 4.74 Å². The van der Waals surface area contributed by atoms with Gasteiger partial charge in [-0.3, -0.25) is 0 Å². The van der Waals surface area contributed by atoms with Gasteiger partial charge in [0.2, 0.25) is 0 Å². The molecule has 2 aliphatic heterocycles. The van der Waals surface area contributed by atoms with Crippen molar-refractivity contribution in [1.29, 1.82) is 0 Å². The van der Waals surface area contributed by atoms with Crippen molar-refractivity contribution in [3.63, 3.8) is 0 Å². The molecule has 3 heterocycles. The smallest absolute Gasteiger partial charge is 0.145 e. The molecule has 4 aromatic rings. The van der Waals surface area contributed by atoms with Crippen molar-refractivity contribution < 1.29 is 14.9 Å². The lowest BCUT2D eigenvalue weighted by Crippen LogP contribution is -2.62. The Morgan fingerprint density at radius 3 is 2.55 bits per heavy atom. The highest BCUT2D eigenvalue weighted by Gasteiger charge is 2.71. The third-order valence-electron chi connectivity index (χ3n) is 10.7. The van der Waals surface area contributed by atoms with Crippen LogP contribution >= 0.6 is 0 Å². The minimum atomic E-state index is -1.03. The van der Waals surface area contributed by atoms with Crippen molar-refractivity contribution in [2.24, 2.45) is 11.3 Å². The third-order valence-corrected chi connectivity index (χ3v) is 10.7. The van der Waals surface area contributed by atoms with Crippen LogP contribution in [-0.2, 0) is 10.3 Å². The summed E-state index contributed by atoms with van der Waals surface area (Å²) in [7, 11) is 2.22. The Morgan fingerprint density at radius 2 is 1.68 bits per heavy atom. The van der Waals surface area contributed by atoms with Crippen LogP contribution in [0.3, 0.4) is 0 Å². The number of ether oxygens (including phenoxy) is 1. The summed E-state index contributed by atoms with van der Waals surface area (Å²) in [4.78, 5) is 2.47. The Balaban J connectivity index is 1.34. The van der Waals surface area contributed by atoms with Crippen LogP contribution < -0.4 is 0 Å². The third kappa shape index (κ3) is 2.63. The Bertz CT molecular complexity index is 1800. The van der Waals surface area contributed by atoms with Crippen LogP contribution in [0.1, 0.15) is 18.4 Å². The molecule has 3 aromatic carbocycles. The molecule has 2 unspecified atom stereocenters. The molecule has 200 valence electrons. The number of aromatic nitrogens is 1. The topological polar surface area (TPSA) is 57.9 Å². The maximum Gasteiger partial charge on any atom is 0.145 e. The molecular formula is C35H32N2O3. The van der Waals surface area contributed by atoms with Crippen molar-refractivity contribution in [1.82, 2.24) is 9.47 Å². The number of hydrogen-bond donors (Lipinski definition) is 2. The van der Waals surface area contributed by atoms with Gasteiger partial charge in [0.1, 0.15) is 11.7 Å². The highest BCUT2D eigenvalue weighted by Crippen LogP contribution is 2.69. The van der Waals surface area contributed by atoms with E-state index in [2.05, 4.69) is 95.4 Å². The van der Waals surface area contributed by atoms with Crippen molar-refractivity contribution in [3.8, 4) is 5.69 Å². The van der Waals surface area contributed by atoms with Gasteiger partial charge in [0.05, 0.1) is 23.2 Å². The van der Waals surface area contributed by atoms with Gasteiger partial charge in [-0.15, -0.1) is 0 Å². The van der Waals surface area contributed by atoms with Crippen molar-refractivity contribution >= 4 is 21.8 Å². The Kier molecular flexibility index (Phi) is 4.55. The maximum absolute atomic E-state index is 11.9. The van der Waals surface area contributed by atoms with E-state index in [1.807, 2.05) is 18.2 Å². The molecule has 1 spiro atoms. The molecule has 7 atom stereocenters. The number of likely N-dealkylation sites (tertiary alicyclic amines) is 1. The van der Waals surface area contributed by atoms with E-state index in [1.54, 1.807) is 0 Å². The maximum atomic E-state index is 11.9. The standard InChI is InChI=1S/C35H32N2O3/c1-36-18-17-34-26-14-15-30(38)33(34)40-35(31(39)16-11-21(32(34)35)19-29(26)36)22-12-13-25-24-9-5-6-10-27(24)37(28(25)20-22)23-7-3-2-4-8-23/h2-16,20,26,29-31,33,38-39H,17-19H2,1H3/t26-,29+,30-,31?,33-,34-,35?/m0/s1. The average Bonchev–Trinajstić information content (AvgIpc) is 3.49. The van der Waals surface area contributed by atoms with E-state index in [0.29, 0.717) is 6.04 Å². The van der Waals surface area contributed by atoms with Crippen LogP contribution in [0.2, 0.25) is 0 Å². The first-order valence-corrected chi connectivity index (χ1v) is 14.5. The van der Waals surface area contributed by atoms with Crippen LogP contribution in [-0.4, -0.2) is 57.6 Å². The van der Waals surface area contributed by atoms with Gasteiger partial charge in [-0.1, -0.05) is 72.8 Å². The molecule has 0 saturated carbocycles. The molecule has 3 aliphatic carbocycles. The highest BCUT2D eigenvalue weighted by atomic mass is 16.5. The summed E-state index contributed by atoms with van der Waals surface area (Å²) in [6.45, 7) is 0.954. The van der Waals surface area contributed by atoms with E-state index in [0.717, 1.165) is 41.7 Å². The van der Waals surface area contributed by atoms with Crippen LogP contribution in [0.25, 0.3) is 27.5 Å². The van der Waals surface area contributed by atoms with Gasteiger partial charge in [-0.25, -0.2) is 0 Å². The van der Waals surface area contributed by atoms with Gasteiger partial charge in [0, 0.05) is 33.8 Å². The van der Waals surface area contributed by atoms with Crippen LogP contribution in [0.5, 0.6) is 0 Å². The Labute approximate surface area is 233 Å². The molecule has 0 amide bonds. The quantitative estimate of drug-likeness (QED) is 0.349.